The number of rotatable bonds is 6. The Labute approximate surface area is 111 Å². The van der Waals surface area contributed by atoms with Gasteiger partial charge in [0.1, 0.15) is 5.82 Å². The molecule has 1 heterocycles. The molecule has 6 heteroatoms. The number of hydrogen-bond donors (Lipinski definition) is 1. The zero-order valence-corrected chi connectivity index (χ0v) is 10.8. The van der Waals surface area contributed by atoms with E-state index in [0.717, 1.165) is 32.1 Å². The molecule has 1 aliphatic heterocycles. The Kier molecular flexibility index (Phi) is 4.68. The Bertz CT molecular complexity index is 448. The number of nitro groups is 1. The molecule has 0 unspecified atom stereocenters. The van der Waals surface area contributed by atoms with Crippen molar-refractivity contribution in [3.05, 3.63) is 34.1 Å². The van der Waals surface area contributed by atoms with Gasteiger partial charge in [-0.1, -0.05) is 0 Å². The Morgan fingerprint density at radius 1 is 1.32 bits per heavy atom. The first-order valence-corrected chi connectivity index (χ1v) is 6.56. The fourth-order valence-electron chi connectivity index (χ4n) is 2.32. The molecule has 0 aromatic heterocycles. The first kappa shape index (κ1) is 13.7. The third kappa shape index (κ3) is 4.17. The van der Waals surface area contributed by atoms with Crippen LogP contribution in [0.1, 0.15) is 19.3 Å². The van der Waals surface area contributed by atoms with Crippen LogP contribution in [0.3, 0.4) is 0 Å². The molecule has 1 saturated heterocycles. The van der Waals surface area contributed by atoms with Crippen LogP contribution in [0, 0.1) is 15.9 Å². The topological polar surface area (TPSA) is 58.4 Å². The maximum absolute atomic E-state index is 13.2. The Balaban J connectivity index is 1.80. The van der Waals surface area contributed by atoms with Crippen LogP contribution in [0.4, 0.5) is 15.8 Å². The lowest BCUT2D eigenvalue weighted by atomic mass is 10.2. The average molecular weight is 267 g/mol. The number of anilines is 1. The fourth-order valence-corrected chi connectivity index (χ4v) is 2.32. The highest BCUT2D eigenvalue weighted by atomic mass is 19.1. The van der Waals surface area contributed by atoms with Gasteiger partial charge in [-0.15, -0.1) is 0 Å². The van der Waals surface area contributed by atoms with E-state index < -0.39 is 10.7 Å². The Morgan fingerprint density at radius 3 is 2.74 bits per heavy atom. The third-order valence-corrected chi connectivity index (χ3v) is 3.27. The largest absolute Gasteiger partial charge is 0.385 e. The van der Waals surface area contributed by atoms with E-state index in [2.05, 4.69) is 10.2 Å². The number of nitro benzene ring substituents is 1. The van der Waals surface area contributed by atoms with Crippen LogP contribution < -0.4 is 5.32 Å². The van der Waals surface area contributed by atoms with Gasteiger partial charge in [-0.05, 0) is 45.0 Å². The van der Waals surface area contributed by atoms with Crippen LogP contribution in [0.5, 0.6) is 0 Å². The molecule has 0 radical (unpaired) electrons. The molecule has 19 heavy (non-hydrogen) atoms. The molecule has 1 fully saturated rings. The van der Waals surface area contributed by atoms with Crippen molar-refractivity contribution in [2.45, 2.75) is 19.3 Å². The van der Waals surface area contributed by atoms with Crippen molar-refractivity contribution in [1.82, 2.24) is 4.90 Å². The van der Waals surface area contributed by atoms with Gasteiger partial charge in [0, 0.05) is 18.3 Å². The second-order valence-corrected chi connectivity index (χ2v) is 4.78. The number of halogens is 1. The van der Waals surface area contributed by atoms with Crippen molar-refractivity contribution >= 4 is 11.4 Å². The number of nitrogens with one attached hydrogen (secondary N) is 1. The van der Waals surface area contributed by atoms with E-state index >= 15 is 0 Å². The lowest BCUT2D eigenvalue weighted by molar-refractivity contribution is -0.385. The molecule has 0 bridgehead atoms. The van der Waals surface area contributed by atoms with Gasteiger partial charge in [0.25, 0.3) is 5.69 Å². The Morgan fingerprint density at radius 2 is 2.05 bits per heavy atom. The lowest BCUT2D eigenvalue weighted by Crippen LogP contribution is -2.22. The predicted octanol–water partition coefficient (Wildman–Crippen LogP) is 2.63. The van der Waals surface area contributed by atoms with E-state index in [-0.39, 0.29) is 5.69 Å². The number of likely N-dealkylation sites (tertiary alicyclic amines) is 1. The average Bonchev–Trinajstić information content (AvgIpc) is 2.87. The maximum atomic E-state index is 13.2. The molecule has 1 aliphatic rings. The highest BCUT2D eigenvalue weighted by molar-refractivity contribution is 5.51. The van der Waals surface area contributed by atoms with E-state index in [1.54, 1.807) is 0 Å². The fraction of sp³-hybridized carbons (Fsp3) is 0.538. The maximum Gasteiger partial charge on any atom is 0.274 e. The van der Waals surface area contributed by atoms with Crippen molar-refractivity contribution in [2.24, 2.45) is 0 Å². The molecule has 0 aliphatic carbocycles. The second kappa shape index (κ2) is 6.47. The summed E-state index contributed by atoms with van der Waals surface area (Å²) in [5.74, 6) is -0.587. The summed E-state index contributed by atoms with van der Waals surface area (Å²) in [5, 5.41) is 13.6. The molecular weight excluding hydrogens is 249 g/mol. The molecule has 0 atom stereocenters. The summed E-state index contributed by atoms with van der Waals surface area (Å²) < 4.78 is 13.2. The molecule has 1 aromatic carbocycles. The zero-order valence-electron chi connectivity index (χ0n) is 10.8. The highest BCUT2D eigenvalue weighted by Gasteiger charge is 2.11. The lowest BCUT2D eigenvalue weighted by Gasteiger charge is -2.14. The molecule has 0 saturated carbocycles. The van der Waals surface area contributed by atoms with Crippen molar-refractivity contribution in [2.75, 3.05) is 31.5 Å². The summed E-state index contributed by atoms with van der Waals surface area (Å²) in [6.07, 6.45) is 3.48. The quantitative estimate of drug-likeness (QED) is 0.489. The second-order valence-electron chi connectivity index (χ2n) is 4.78. The van der Waals surface area contributed by atoms with Crippen LogP contribution >= 0.6 is 0 Å². The first-order chi connectivity index (χ1) is 9.15. The molecule has 2 rings (SSSR count). The molecule has 0 amide bonds. The normalized spacial score (nSPS) is 15.6. The smallest absolute Gasteiger partial charge is 0.274 e. The van der Waals surface area contributed by atoms with E-state index in [0.29, 0.717) is 12.2 Å². The van der Waals surface area contributed by atoms with Crippen molar-refractivity contribution in [3.8, 4) is 0 Å². The number of non-ortho nitro benzene ring substituents is 1. The summed E-state index contributed by atoms with van der Waals surface area (Å²) in [6, 6.07) is 3.57. The summed E-state index contributed by atoms with van der Waals surface area (Å²) >= 11 is 0. The van der Waals surface area contributed by atoms with Crippen molar-refractivity contribution in [1.29, 1.82) is 0 Å². The van der Waals surface area contributed by atoms with E-state index in [1.807, 2.05) is 0 Å². The van der Waals surface area contributed by atoms with Crippen LogP contribution in [-0.2, 0) is 0 Å². The predicted molar refractivity (Wildman–Crippen MR) is 71.8 cm³/mol. The van der Waals surface area contributed by atoms with Crippen LogP contribution in [-0.4, -0.2) is 36.0 Å². The number of benzene rings is 1. The molecule has 104 valence electrons. The summed E-state index contributed by atoms with van der Waals surface area (Å²) in [5.41, 5.74) is 0.246. The minimum atomic E-state index is -0.587. The van der Waals surface area contributed by atoms with E-state index in [4.69, 9.17) is 0 Å². The van der Waals surface area contributed by atoms with Gasteiger partial charge in [0.05, 0.1) is 11.0 Å². The van der Waals surface area contributed by atoms with E-state index in [9.17, 15) is 14.5 Å². The van der Waals surface area contributed by atoms with Gasteiger partial charge < -0.3 is 10.2 Å². The van der Waals surface area contributed by atoms with Gasteiger partial charge in [-0.3, -0.25) is 10.1 Å². The number of hydrogen-bond acceptors (Lipinski definition) is 4. The van der Waals surface area contributed by atoms with Crippen LogP contribution in [0.15, 0.2) is 18.2 Å². The van der Waals surface area contributed by atoms with Gasteiger partial charge in [0.2, 0.25) is 0 Å². The van der Waals surface area contributed by atoms with Gasteiger partial charge in [-0.2, -0.15) is 0 Å². The zero-order chi connectivity index (χ0) is 13.7. The van der Waals surface area contributed by atoms with Crippen LogP contribution in [0.2, 0.25) is 0 Å². The molecule has 5 nitrogen and oxygen atoms in total. The summed E-state index contributed by atoms with van der Waals surface area (Å²) in [6.45, 7) is 4.03. The molecule has 1 aromatic rings. The summed E-state index contributed by atoms with van der Waals surface area (Å²) in [4.78, 5) is 12.4. The number of nitrogens with zero attached hydrogens (tertiary/aromatic N) is 2. The van der Waals surface area contributed by atoms with Crippen molar-refractivity contribution in [3.63, 3.8) is 0 Å². The minimum Gasteiger partial charge on any atom is -0.385 e. The SMILES string of the molecule is O=[N+]([O-])c1cc(F)cc(NCCCN2CCCC2)c1. The van der Waals surface area contributed by atoms with Crippen molar-refractivity contribution < 1.29 is 9.31 Å². The summed E-state index contributed by atoms with van der Waals surface area (Å²) in [7, 11) is 0. The standard InChI is InChI=1S/C13H18FN3O2/c14-11-8-12(10-13(9-11)17(18)19)15-4-3-7-16-5-1-2-6-16/h8-10,15H,1-7H2. The molecular formula is C13H18FN3O2. The Hall–Kier alpha value is -1.69. The minimum absolute atomic E-state index is 0.220. The van der Waals surface area contributed by atoms with Gasteiger partial charge in [0.15, 0.2) is 0 Å². The van der Waals surface area contributed by atoms with Gasteiger partial charge in [-0.25, -0.2) is 4.39 Å². The van der Waals surface area contributed by atoms with Gasteiger partial charge >= 0.3 is 0 Å². The van der Waals surface area contributed by atoms with Crippen LogP contribution in [0.25, 0.3) is 0 Å². The molecule has 0 spiro atoms. The first-order valence-electron chi connectivity index (χ1n) is 6.56. The molecule has 1 N–H and O–H groups in total. The monoisotopic (exact) mass is 267 g/mol. The highest BCUT2D eigenvalue weighted by Crippen LogP contribution is 2.20. The third-order valence-electron chi connectivity index (χ3n) is 3.27. The van der Waals surface area contributed by atoms with E-state index in [1.165, 1.54) is 25.0 Å².